The fraction of sp³-hybridized carbons (Fsp3) is 0.286. The van der Waals surface area contributed by atoms with Crippen molar-refractivity contribution >= 4 is 33.4 Å². The lowest BCUT2D eigenvalue weighted by Gasteiger charge is -2.11. The van der Waals surface area contributed by atoms with Crippen LogP contribution in [0.15, 0.2) is 52.0 Å². The molecule has 0 radical (unpaired) electrons. The molecule has 2 heterocycles. The number of aryl methyl sites for hydroxylation is 1. The van der Waals surface area contributed by atoms with Gasteiger partial charge in [-0.25, -0.2) is 18.4 Å². The lowest BCUT2D eigenvalue weighted by Crippen LogP contribution is -2.24. The number of carbonyl (C=O) groups is 1. The van der Waals surface area contributed by atoms with Crippen molar-refractivity contribution in [2.75, 3.05) is 11.0 Å². The van der Waals surface area contributed by atoms with Crippen molar-refractivity contribution in [1.82, 2.24) is 15.3 Å². The fourth-order valence-electron chi connectivity index (χ4n) is 2.70. The number of anilines is 1. The van der Waals surface area contributed by atoms with E-state index in [4.69, 9.17) is 4.42 Å². The van der Waals surface area contributed by atoms with Crippen LogP contribution in [0.2, 0.25) is 0 Å². The van der Waals surface area contributed by atoms with Gasteiger partial charge in [0.15, 0.2) is 0 Å². The fourth-order valence-corrected chi connectivity index (χ4v) is 3.94. The molecule has 0 spiro atoms. The molecule has 1 amide bonds. The molecule has 31 heavy (non-hydrogen) atoms. The number of sulfonamides is 1. The monoisotopic (exact) mass is 460 g/mol. The molecule has 0 aliphatic rings. The molecule has 164 valence electrons. The summed E-state index contributed by atoms with van der Waals surface area (Å²) in [6, 6.07) is 10.3. The average Bonchev–Trinajstić information content (AvgIpc) is 3.12. The van der Waals surface area contributed by atoms with Crippen LogP contribution in [0.25, 0.3) is 11.5 Å². The predicted molar refractivity (Wildman–Crippen MR) is 122 cm³/mol. The van der Waals surface area contributed by atoms with E-state index in [0.717, 1.165) is 0 Å². The zero-order valence-electron chi connectivity index (χ0n) is 17.7. The van der Waals surface area contributed by atoms with Crippen molar-refractivity contribution in [2.45, 2.75) is 37.6 Å². The number of hydrogen-bond donors (Lipinski definition) is 2. The molecule has 0 saturated carbocycles. The lowest BCUT2D eigenvalue weighted by atomic mass is 10.2. The van der Waals surface area contributed by atoms with Gasteiger partial charge in [0.1, 0.15) is 16.5 Å². The quantitative estimate of drug-likeness (QED) is 0.491. The maximum atomic E-state index is 12.5. The Bertz CT molecular complexity index is 1190. The van der Waals surface area contributed by atoms with Crippen LogP contribution in [-0.4, -0.2) is 35.8 Å². The number of amides is 1. The van der Waals surface area contributed by atoms with Gasteiger partial charge in [-0.15, -0.1) is 11.8 Å². The number of oxazole rings is 1. The molecule has 0 fully saturated rings. The smallest absolute Gasteiger partial charge is 0.254 e. The largest absolute Gasteiger partial charge is 0.441 e. The number of benzene rings is 1. The number of nitrogens with zero attached hydrogens (tertiary/aromatic N) is 2. The summed E-state index contributed by atoms with van der Waals surface area (Å²) in [6.45, 7) is 5.17. The third kappa shape index (κ3) is 5.45. The van der Waals surface area contributed by atoms with Gasteiger partial charge >= 0.3 is 0 Å². The zero-order valence-corrected chi connectivity index (χ0v) is 19.3. The predicted octanol–water partition coefficient (Wildman–Crippen LogP) is 3.85. The molecule has 2 N–H and O–H groups in total. The van der Waals surface area contributed by atoms with E-state index in [2.05, 4.69) is 20.0 Å². The maximum absolute atomic E-state index is 12.5. The highest BCUT2D eigenvalue weighted by atomic mass is 32.2. The summed E-state index contributed by atoms with van der Waals surface area (Å²) in [5, 5.41) is 2.94. The summed E-state index contributed by atoms with van der Waals surface area (Å²) < 4.78 is 32.6. The first kappa shape index (κ1) is 22.8. The summed E-state index contributed by atoms with van der Waals surface area (Å²) >= 11 is 1.40. The minimum Gasteiger partial charge on any atom is -0.441 e. The highest BCUT2D eigenvalue weighted by Gasteiger charge is 2.18. The summed E-state index contributed by atoms with van der Waals surface area (Å²) in [6.07, 6.45) is 3.51. The van der Waals surface area contributed by atoms with E-state index in [1.165, 1.54) is 11.8 Å². The number of rotatable bonds is 8. The lowest BCUT2D eigenvalue weighted by molar-refractivity contribution is 0.0946. The molecule has 0 bridgehead atoms. The number of nitrogens with one attached hydrogen (secondary N) is 2. The molecule has 1 aromatic carbocycles. The van der Waals surface area contributed by atoms with Gasteiger partial charge in [0.05, 0.1) is 17.4 Å². The second kappa shape index (κ2) is 9.52. The normalized spacial score (nSPS) is 11.5. The van der Waals surface area contributed by atoms with Crippen LogP contribution in [-0.2, 0) is 16.6 Å². The van der Waals surface area contributed by atoms with E-state index in [1.807, 2.05) is 6.26 Å². The van der Waals surface area contributed by atoms with Gasteiger partial charge in [0.25, 0.3) is 5.91 Å². The van der Waals surface area contributed by atoms with Crippen molar-refractivity contribution in [3.63, 3.8) is 0 Å². The van der Waals surface area contributed by atoms with E-state index < -0.39 is 15.3 Å². The number of aromatic nitrogens is 2. The van der Waals surface area contributed by atoms with Gasteiger partial charge in [-0.1, -0.05) is 6.07 Å². The second-order valence-electron chi connectivity index (χ2n) is 7.04. The van der Waals surface area contributed by atoms with E-state index in [0.29, 0.717) is 39.2 Å². The third-order valence-electron chi connectivity index (χ3n) is 4.51. The Kier molecular flexibility index (Phi) is 7.01. The molecule has 3 aromatic rings. The highest BCUT2D eigenvalue weighted by molar-refractivity contribution is 7.98. The molecule has 2 aromatic heterocycles. The molecule has 0 atom stereocenters. The van der Waals surface area contributed by atoms with Crippen LogP contribution in [0, 0.1) is 6.92 Å². The maximum Gasteiger partial charge on any atom is 0.254 e. The van der Waals surface area contributed by atoms with Gasteiger partial charge in [-0.2, -0.15) is 0 Å². The summed E-state index contributed by atoms with van der Waals surface area (Å²) in [5.74, 6) is 0.671. The summed E-state index contributed by atoms with van der Waals surface area (Å²) in [5.41, 5.74) is 2.15. The molecule has 0 unspecified atom stereocenters. The molecule has 8 nitrogen and oxygen atoms in total. The van der Waals surface area contributed by atoms with E-state index in [1.54, 1.807) is 63.4 Å². The molecular weight excluding hydrogens is 436 g/mol. The Labute approximate surface area is 185 Å². The van der Waals surface area contributed by atoms with Crippen LogP contribution in [0.5, 0.6) is 0 Å². The minimum absolute atomic E-state index is 0.191. The Balaban J connectivity index is 1.75. The Morgan fingerprint density at radius 2 is 2.00 bits per heavy atom. The summed E-state index contributed by atoms with van der Waals surface area (Å²) in [7, 11) is -3.46. The molecule has 0 aliphatic heterocycles. The molecule has 3 rings (SSSR count). The first-order chi connectivity index (χ1) is 14.7. The zero-order chi connectivity index (χ0) is 22.6. The van der Waals surface area contributed by atoms with Crippen LogP contribution in [0.4, 0.5) is 5.69 Å². The van der Waals surface area contributed by atoms with Gasteiger partial charge < -0.3 is 9.73 Å². The average molecular weight is 461 g/mol. The number of pyridine rings is 1. The van der Waals surface area contributed by atoms with Gasteiger partial charge in [0.2, 0.25) is 15.9 Å². The number of carbonyl (C=O) groups excluding carboxylic acids is 1. The summed E-state index contributed by atoms with van der Waals surface area (Å²) in [4.78, 5) is 21.2. The Hall–Kier alpha value is -2.85. The molecule has 0 saturated heterocycles. The van der Waals surface area contributed by atoms with Crippen LogP contribution in [0.1, 0.15) is 35.7 Å². The van der Waals surface area contributed by atoms with E-state index in [9.17, 15) is 13.2 Å². The second-order valence-corrected chi connectivity index (χ2v) is 10.1. The van der Waals surface area contributed by atoms with Crippen molar-refractivity contribution in [1.29, 1.82) is 0 Å². The molecular formula is C21H24N4O4S2. The molecule has 10 heteroatoms. The number of hydrogen-bond acceptors (Lipinski definition) is 7. The first-order valence-corrected chi connectivity index (χ1v) is 12.3. The van der Waals surface area contributed by atoms with Gasteiger partial charge in [-0.3, -0.25) is 9.52 Å². The standard InChI is InChI=1S/C21H24N4O4S2/c1-13(2)31(27,28)25-16-8-5-7-15(11-16)20-24-18(14(3)29-20)12-23-19(26)17-9-6-10-22-21(17)30-4/h5-11,13,25H,12H2,1-4H3,(H,23,26). The first-order valence-electron chi connectivity index (χ1n) is 9.57. The third-order valence-corrected chi connectivity index (χ3v) is 6.98. The Morgan fingerprint density at radius 3 is 2.71 bits per heavy atom. The van der Waals surface area contributed by atoms with Crippen molar-refractivity contribution in [3.8, 4) is 11.5 Å². The minimum atomic E-state index is -3.46. The van der Waals surface area contributed by atoms with Crippen LogP contribution in [0.3, 0.4) is 0 Å². The van der Waals surface area contributed by atoms with Crippen LogP contribution >= 0.6 is 11.8 Å². The highest BCUT2D eigenvalue weighted by Crippen LogP contribution is 2.25. The van der Waals surface area contributed by atoms with Gasteiger partial charge in [-0.05, 0) is 57.4 Å². The van der Waals surface area contributed by atoms with Gasteiger partial charge in [0, 0.05) is 17.4 Å². The number of thioether (sulfide) groups is 1. The van der Waals surface area contributed by atoms with Crippen molar-refractivity contribution in [2.24, 2.45) is 0 Å². The van der Waals surface area contributed by atoms with E-state index in [-0.39, 0.29) is 12.5 Å². The van der Waals surface area contributed by atoms with Crippen LogP contribution < -0.4 is 10.0 Å². The topological polar surface area (TPSA) is 114 Å². The SMILES string of the molecule is CSc1ncccc1C(=O)NCc1nc(-c2cccc(NS(=O)(=O)C(C)C)c2)oc1C. The van der Waals surface area contributed by atoms with Crippen molar-refractivity contribution in [3.05, 3.63) is 59.6 Å². The Morgan fingerprint density at radius 1 is 1.23 bits per heavy atom. The van der Waals surface area contributed by atoms with E-state index >= 15 is 0 Å². The molecule has 0 aliphatic carbocycles. The van der Waals surface area contributed by atoms with Crippen molar-refractivity contribution < 1.29 is 17.6 Å².